The molecular formula is C14H18N2O5S. The molecule has 1 aromatic rings. The van der Waals surface area contributed by atoms with Gasteiger partial charge in [0.25, 0.3) is 0 Å². The van der Waals surface area contributed by atoms with Gasteiger partial charge in [-0.1, -0.05) is 0 Å². The van der Waals surface area contributed by atoms with Crippen molar-refractivity contribution < 1.29 is 22.7 Å². The third-order valence-electron chi connectivity index (χ3n) is 4.44. The number of rotatable bonds is 4. The summed E-state index contributed by atoms with van der Waals surface area (Å²) in [6.07, 6.45) is 0.379. The highest BCUT2D eigenvalue weighted by atomic mass is 32.2. The summed E-state index contributed by atoms with van der Waals surface area (Å²) in [7, 11) is 0.922. The first-order chi connectivity index (χ1) is 10.4. The molecule has 1 saturated heterocycles. The Balaban J connectivity index is 1.88. The first kappa shape index (κ1) is 15.1. The molecule has 7 nitrogen and oxygen atoms in total. The summed E-state index contributed by atoms with van der Waals surface area (Å²) in [5.74, 6) is 0.382. The summed E-state index contributed by atoms with van der Waals surface area (Å²) in [6, 6.07) is 4.94. The molecule has 1 amide bonds. The summed E-state index contributed by atoms with van der Waals surface area (Å²) >= 11 is 0. The number of hydrogen-bond acceptors (Lipinski definition) is 5. The highest BCUT2D eigenvalue weighted by Gasteiger charge is 2.74. The minimum atomic E-state index is -3.59. The summed E-state index contributed by atoms with van der Waals surface area (Å²) in [5.41, 5.74) is 0.429. The molecular weight excluding hydrogens is 308 g/mol. The van der Waals surface area contributed by atoms with Gasteiger partial charge in [-0.05, 0) is 18.6 Å². The normalized spacial score (nSPS) is 28.8. The Bertz CT molecular complexity index is 733. The summed E-state index contributed by atoms with van der Waals surface area (Å²) < 4.78 is 35.0. The maximum Gasteiger partial charge on any atom is 0.247 e. The second kappa shape index (κ2) is 4.85. The Hall–Kier alpha value is -1.80. The van der Waals surface area contributed by atoms with Gasteiger partial charge < -0.3 is 14.8 Å². The van der Waals surface area contributed by atoms with Crippen LogP contribution in [0.4, 0.5) is 5.69 Å². The van der Waals surface area contributed by atoms with Crippen LogP contribution < -0.4 is 14.8 Å². The number of hydrogen-bond donors (Lipinski definition) is 1. The van der Waals surface area contributed by atoms with E-state index in [9.17, 15) is 13.2 Å². The van der Waals surface area contributed by atoms with Gasteiger partial charge in [0.15, 0.2) is 4.75 Å². The zero-order valence-corrected chi connectivity index (χ0v) is 13.4. The van der Waals surface area contributed by atoms with Crippen molar-refractivity contribution in [3.8, 4) is 11.5 Å². The van der Waals surface area contributed by atoms with Gasteiger partial charge in [0.1, 0.15) is 11.5 Å². The van der Waals surface area contributed by atoms with Gasteiger partial charge in [-0.25, -0.2) is 12.7 Å². The number of methoxy groups -OCH3 is 2. The van der Waals surface area contributed by atoms with Crippen molar-refractivity contribution in [1.29, 1.82) is 0 Å². The number of ether oxygens (including phenoxy) is 2. The molecule has 2 fully saturated rings. The Labute approximate surface area is 129 Å². The number of sulfonamides is 1. The monoisotopic (exact) mass is 326 g/mol. The van der Waals surface area contributed by atoms with Gasteiger partial charge >= 0.3 is 0 Å². The molecule has 1 heterocycles. The molecule has 3 rings (SSSR count). The number of carbonyl (C=O) groups is 1. The Kier molecular flexibility index (Phi) is 3.33. The number of fused-ring (bicyclic) bond motifs is 1. The van der Waals surface area contributed by atoms with Crippen molar-refractivity contribution in [3.63, 3.8) is 0 Å². The van der Waals surface area contributed by atoms with E-state index in [-0.39, 0.29) is 5.92 Å². The molecule has 1 aromatic carbocycles. The lowest BCUT2D eigenvalue weighted by atomic mass is 10.2. The van der Waals surface area contributed by atoms with Crippen LogP contribution in [-0.2, 0) is 14.8 Å². The van der Waals surface area contributed by atoms with Crippen molar-refractivity contribution in [1.82, 2.24) is 4.31 Å². The molecule has 1 saturated carbocycles. The van der Waals surface area contributed by atoms with Gasteiger partial charge in [0.2, 0.25) is 15.9 Å². The lowest BCUT2D eigenvalue weighted by Crippen LogP contribution is -2.40. The molecule has 1 N–H and O–H groups in total. The maximum atomic E-state index is 12.6. The predicted octanol–water partition coefficient (Wildman–Crippen LogP) is 0.676. The van der Waals surface area contributed by atoms with Crippen LogP contribution in [0, 0.1) is 5.92 Å². The Morgan fingerprint density at radius 3 is 2.64 bits per heavy atom. The quantitative estimate of drug-likeness (QED) is 0.879. The minimum absolute atomic E-state index is 0.133. The Morgan fingerprint density at radius 2 is 2.09 bits per heavy atom. The van der Waals surface area contributed by atoms with Crippen LogP contribution in [0.3, 0.4) is 0 Å². The lowest BCUT2D eigenvalue weighted by Gasteiger charge is -2.18. The topological polar surface area (TPSA) is 84.9 Å². The largest absolute Gasteiger partial charge is 0.497 e. The average Bonchev–Trinajstić information content (AvgIpc) is 3.18. The number of carbonyl (C=O) groups excluding carboxylic acids is 1. The minimum Gasteiger partial charge on any atom is -0.497 e. The average molecular weight is 326 g/mol. The van der Waals surface area contributed by atoms with Crippen LogP contribution >= 0.6 is 0 Å². The first-order valence-electron chi connectivity index (χ1n) is 6.86. The van der Waals surface area contributed by atoms with E-state index in [0.717, 1.165) is 0 Å². The molecule has 120 valence electrons. The molecule has 2 aliphatic rings. The van der Waals surface area contributed by atoms with Crippen LogP contribution in [-0.4, -0.2) is 51.2 Å². The van der Waals surface area contributed by atoms with E-state index in [4.69, 9.17) is 9.47 Å². The van der Waals surface area contributed by atoms with E-state index in [1.54, 1.807) is 18.2 Å². The van der Waals surface area contributed by atoms with Crippen LogP contribution in [0.1, 0.15) is 6.42 Å². The maximum absolute atomic E-state index is 12.6. The van der Waals surface area contributed by atoms with Crippen molar-refractivity contribution in [2.45, 2.75) is 11.2 Å². The van der Waals surface area contributed by atoms with Gasteiger partial charge in [0, 0.05) is 25.6 Å². The molecule has 22 heavy (non-hydrogen) atoms. The molecule has 0 bridgehead atoms. The molecule has 0 spiro atoms. The molecule has 8 heteroatoms. The molecule has 0 unspecified atom stereocenters. The number of benzene rings is 1. The van der Waals surface area contributed by atoms with Gasteiger partial charge in [0.05, 0.1) is 19.9 Å². The zero-order chi connectivity index (χ0) is 16.1. The fraction of sp³-hybridized carbons (Fsp3) is 0.500. The first-order valence-corrected chi connectivity index (χ1v) is 8.30. The second-order valence-electron chi connectivity index (χ2n) is 5.60. The van der Waals surface area contributed by atoms with E-state index in [2.05, 4.69) is 5.32 Å². The predicted molar refractivity (Wildman–Crippen MR) is 80.6 cm³/mol. The van der Waals surface area contributed by atoms with Crippen LogP contribution in [0.5, 0.6) is 11.5 Å². The number of nitrogens with one attached hydrogen (secondary N) is 1. The SMILES string of the molecule is COc1ccc(NC(=O)[C@@]23C[C@H]2CN(C)S3(=O)=O)c(OC)c1. The smallest absolute Gasteiger partial charge is 0.247 e. The van der Waals surface area contributed by atoms with Crippen molar-refractivity contribution in [2.75, 3.05) is 33.1 Å². The lowest BCUT2D eigenvalue weighted by molar-refractivity contribution is -0.116. The third-order valence-corrected chi connectivity index (χ3v) is 7.01. The third kappa shape index (κ3) is 1.90. The number of nitrogens with zero attached hydrogens (tertiary/aromatic N) is 1. The van der Waals surface area contributed by atoms with Gasteiger partial charge in [-0.2, -0.15) is 0 Å². The summed E-state index contributed by atoms with van der Waals surface area (Å²) in [5, 5.41) is 2.69. The van der Waals surface area contributed by atoms with E-state index >= 15 is 0 Å². The van der Waals surface area contributed by atoms with Crippen LogP contribution in [0.15, 0.2) is 18.2 Å². The van der Waals surface area contributed by atoms with Crippen LogP contribution in [0.2, 0.25) is 0 Å². The highest BCUT2D eigenvalue weighted by Crippen LogP contribution is 2.57. The number of amides is 1. The van der Waals surface area contributed by atoms with E-state index in [1.165, 1.54) is 25.6 Å². The molecule has 2 atom stereocenters. The number of anilines is 1. The van der Waals surface area contributed by atoms with E-state index in [0.29, 0.717) is 30.2 Å². The van der Waals surface area contributed by atoms with Gasteiger partial charge in [-0.15, -0.1) is 0 Å². The standard InChI is InChI=1S/C14H18N2O5S/c1-16-8-9-7-14(9,22(16,18)19)13(17)15-11-5-4-10(20-2)6-12(11)21-3/h4-6,9H,7-8H2,1-3H3,(H,15,17)/t9-,14+/m0/s1. The molecule has 0 radical (unpaired) electrons. The van der Waals surface area contributed by atoms with E-state index in [1.807, 2.05) is 0 Å². The van der Waals surface area contributed by atoms with Crippen molar-refractivity contribution in [3.05, 3.63) is 18.2 Å². The Morgan fingerprint density at radius 1 is 1.36 bits per heavy atom. The molecule has 1 aliphatic heterocycles. The van der Waals surface area contributed by atoms with Crippen molar-refractivity contribution >= 4 is 21.6 Å². The van der Waals surface area contributed by atoms with Crippen LogP contribution in [0.25, 0.3) is 0 Å². The fourth-order valence-corrected chi connectivity index (χ4v) is 5.17. The van der Waals surface area contributed by atoms with E-state index < -0.39 is 20.7 Å². The zero-order valence-electron chi connectivity index (χ0n) is 12.6. The second-order valence-corrected chi connectivity index (χ2v) is 7.90. The highest BCUT2D eigenvalue weighted by molar-refractivity contribution is 7.92. The van der Waals surface area contributed by atoms with Crippen molar-refractivity contribution in [2.24, 2.45) is 5.92 Å². The molecule has 0 aromatic heterocycles. The molecule has 1 aliphatic carbocycles. The van der Waals surface area contributed by atoms with Gasteiger partial charge in [-0.3, -0.25) is 4.79 Å². The summed E-state index contributed by atoms with van der Waals surface area (Å²) in [4.78, 5) is 12.6. The summed E-state index contributed by atoms with van der Waals surface area (Å²) in [6.45, 7) is 0.398. The fourth-order valence-electron chi connectivity index (χ4n) is 3.05.